The lowest BCUT2D eigenvalue weighted by molar-refractivity contribution is -0.134. The molecule has 0 radical (unpaired) electrons. The number of rotatable bonds is 2. The number of allylic oxidation sites excluding steroid dienone is 1. The third kappa shape index (κ3) is 2.57. The Balaban J connectivity index is 1.24. The second-order valence-corrected chi connectivity index (χ2v) is 12.5. The van der Waals surface area contributed by atoms with E-state index in [1.807, 2.05) is 0 Å². The van der Waals surface area contributed by atoms with E-state index >= 15 is 0 Å². The average molecular weight is 411 g/mol. The number of amides is 1. The van der Waals surface area contributed by atoms with E-state index in [2.05, 4.69) is 43.8 Å². The van der Waals surface area contributed by atoms with Crippen LogP contribution in [0.4, 0.5) is 0 Å². The van der Waals surface area contributed by atoms with Crippen molar-refractivity contribution in [2.24, 2.45) is 40.4 Å². The molecule has 166 valence electrons. The summed E-state index contributed by atoms with van der Waals surface area (Å²) in [5.74, 6) is 4.49. The number of hydrogen-bond acceptors (Lipinski definition) is 2. The van der Waals surface area contributed by atoms with Crippen LogP contribution in [0.3, 0.4) is 0 Å². The number of nitrogens with zero attached hydrogens (tertiary/aromatic N) is 2. The Hall–Kier alpha value is -0.830. The maximum atomic E-state index is 12.7. The van der Waals surface area contributed by atoms with Crippen molar-refractivity contribution >= 4 is 5.91 Å². The number of likely N-dealkylation sites (tertiary alicyclic amines) is 1. The van der Waals surface area contributed by atoms with Gasteiger partial charge in [-0.2, -0.15) is 0 Å². The molecule has 1 amide bonds. The number of hydrogen-bond donors (Lipinski definition) is 0. The standard InChI is InChI=1S/C27H42N2O/c1-17-22-9-10-24-21-8-7-19-15-20(29(4)25(30)18-5-6-18)11-13-26(19,2)23(21)12-14-27(22,24)16-28(17)3/h7,17-18,20-24H,5-6,8-16H2,1-4H3/t17-,20-,21+,22+,23-,24-,26-,27-/m0/s1. The summed E-state index contributed by atoms with van der Waals surface area (Å²) in [5, 5.41) is 0. The van der Waals surface area contributed by atoms with Gasteiger partial charge in [0.05, 0.1) is 0 Å². The molecule has 0 unspecified atom stereocenters. The molecule has 5 aliphatic carbocycles. The van der Waals surface area contributed by atoms with E-state index in [0.717, 1.165) is 49.0 Å². The Morgan fingerprint density at radius 1 is 1.07 bits per heavy atom. The molecule has 3 nitrogen and oxygen atoms in total. The summed E-state index contributed by atoms with van der Waals surface area (Å²) in [6.45, 7) is 6.47. The lowest BCUT2D eigenvalue weighted by atomic mass is 9.47. The summed E-state index contributed by atoms with van der Waals surface area (Å²) in [6.07, 6.45) is 15.8. The maximum Gasteiger partial charge on any atom is 0.225 e. The molecule has 1 saturated heterocycles. The SMILES string of the molecule is C[C@H]1[C@H]2CC[C@H]3[C@@H]4CC=C5C[C@@H](N(C)C(=O)C6CC6)CC[C@]5(C)[C@H]4CC[C@]23CN1C. The summed E-state index contributed by atoms with van der Waals surface area (Å²) in [7, 11) is 4.46. The molecule has 0 aromatic heterocycles. The molecule has 8 atom stereocenters. The Labute approximate surface area is 183 Å². The molecule has 0 bridgehead atoms. The van der Waals surface area contributed by atoms with Crippen molar-refractivity contribution in [3.63, 3.8) is 0 Å². The van der Waals surface area contributed by atoms with Gasteiger partial charge in [-0.15, -0.1) is 0 Å². The molecule has 6 rings (SSSR count). The van der Waals surface area contributed by atoms with E-state index in [4.69, 9.17) is 0 Å². The first-order chi connectivity index (χ1) is 14.3. The largest absolute Gasteiger partial charge is 0.342 e. The van der Waals surface area contributed by atoms with E-state index in [1.165, 1.54) is 51.5 Å². The molecule has 0 aromatic carbocycles. The molecule has 1 spiro atoms. The van der Waals surface area contributed by atoms with E-state index in [9.17, 15) is 4.79 Å². The fourth-order valence-electron chi connectivity index (χ4n) is 9.57. The van der Waals surface area contributed by atoms with Gasteiger partial charge >= 0.3 is 0 Å². The zero-order chi connectivity index (χ0) is 20.8. The van der Waals surface area contributed by atoms with Gasteiger partial charge in [0.1, 0.15) is 0 Å². The lowest BCUT2D eigenvalue weighted by Gasteiger charge is -2.58. The van der Waals surface area contributed by atoms with Crippen LogP contribution in [0.1, 0.15) is 78.1 Å². The third-order valence-electron chi connectivity index (χ3n) is 11.5. The molecule has 1 aliphatic heterocycles. The summed E-state index contributed by atoms with van der Waals surface area (Å²) in [5.41, 5.74) is 2.75. The molecule has 0 aromatic rings. The van der Waals surface area contributed by atoms with E-state index in [0.29, 0.717) is 28.7 Å². The highest BCUT2D eigenvalue weighted by molar-refractivity contribution is 5.81. The molecule has 3 heteroatoms. The number of carbonyl (C=O) groups is 1. The minimum atomic E-state index is 0.352. The van der Waals surface area contributed by atoms with Gasteiger partial charge in [0.15, 0.2) is 0 Å². The molecule has 1 heterocycles. The fraction of sp³-hybridized carbons (Fsp3) is 0.889. The van der Waals surface area contributed by atoms with Crippen molar-refractivity contribution in [1.82, 2.24) is 9.80 Å². The van der Waals surface area contributed by atoms with Gasteiger partial charge in [-0.05, 0) is 113 Å². The van der Waals surface area contributed by atoms with Crippen LogP contribution >= 0.6 is 0 Å². The van der Waals surface area contributed by atoms with Crippen molar-refractivity contribution in [1.29, 1.82) is 0 Å². The number of carbonyl (C=O) groups excluding carboxylic acids is 1. The molecule has 5 fully saturated rings. The highest BCUT2D eigenvalue weighted by Gasteiger charge is 2.64. The van der Waals surface area contributed by atoms with Gasteiger partial charge in [-0.25, -0.2) is 0 Å². The summed E-state index contributed by atoms with van der Waals surface area (Å²) < 4.78 is 0. The Morgan fingerprint density at radius 2 is 1.83 bits per heavy atom. The van der Waals surface area contributed by atoms with Gasteiger partial charge in [-0.3, -0.25) is 4.79 Å². The zero-order valence-corrected chi connectivity index (χ0v) is 19.7. The predicted octanol–water partition coefficient (Wildman–Crippen LogP) is 5.12. The third-order valence-corrected chi connectivity index (χ3v) is 11.5. The van der Waals surface area contributed by atoms with Gasteiger partial charge < -0.3 is 9.80 Å². The molecule has 6 aliphatic rings. The van der Waals surface area contributed by atoms with Crippen LogP contribution < -0.4 is 0 Å². The van der Waals surface area contributed by atoms with Crippen LogP contribution in [0, 0.1) is 40.4 Å². The summed E-state index contributed by atoms with van der Waals surface area (Å²) in [6, 6.07) is 1.23. The fourth-order valence-corrected chi connectivity index (χ4v) is 9.57. The second kappa shape index (κ2) is 6.59. The zero-order valence-electron chi connectivity index (χ0n) is 19.7. The first-order valence-electron chi connectivity index (χ1n) is 13.0. The first-order valence-corrected chi connectivity index (χ1v) is 13.0. The Bertz CT molecular complexity index is 771. The average Bonchev–Trinajstić information content (AvgIpc) is 3.47. The predicted molar refractivity (Wildman–Crippen MR) is 121 cm³/mol. The summed E-state index contributed by atoms with van der Waals surface area (Å²) >= 11 is 0. The van der Waals surface area contributed by atoms with Crippen molar-refractivity contribution in [3.05, 3.63) is 11.6 Å². The van der Waals surface area contributed by atoms with Crippen molar-refractivity contribution in [2.75, 3.05) is 20.6 Å². The Kier molecular flexibility index (Phi) is 4.36. The van der Waals surface area contributed by atoms with Crippen LogP contribution in [-0.2, 0) is 4.79 Å². The summed E-state index contributed by atoms with van der Waals surface area (Å²) in [4.78, 5) is 17.5. The highest BCUT2D eigenvalue weighted by atomic mass is 16.2. The van der Waals surface area contributed by atoms with Gasteiger partial charge in [0.2, 0.25) is 5.91 Å². The smallest absolute Gasteiger partial charge is 0.225 e. The van der Waals surface area contributed by atoms with Gasteiger partial charge in [-0.1, -0.05) is 18.6 Å². The van der Waals surface area contributed by atoms with Crippen LogP contribution in [0.2, 0.25) is 0 Å². The van der Waals surface area contributed by atoms with Crippen molar-refractivity contribution < 1.29 is 4.79 Å². The number of fused-ring (bicyclic) bond motifs is 4. The minimum absolute atomic E-state index is 0.352. The molecule has 4 saturated carbocycles. The normalized spacial score (nSPS) is 50.2. The maximum absolute atomic E-state index is 12.7. The quantitative estimate of drug-likeness (QED) is 0.590. The van der Waals surface area contributed by atoms with Gasteiger partial charge in [0, 0.05) is 31.6 Å². The second-order valence-electron chi connectivity index (χ2n) is 12.5. The lowest BCUT2D eigenvalue weighted by Crippen LogP contribution is -2.53. The molecular weight excluding hydrogens is 368 g/mol. The highest BCUT2D eigenvalue weighted by Crippen LogP contribution is 2.68. The van der Waals surface area contributed by atoms with E-state index in [1.54, 1.807) is 5.57 Å². The van der Waals surface area contributed by atoms with Gasteiger partial charge in [0.25, 0.3) is 0 Å². The van der Waals surface area contributed by atoms with Crippen molar-refractivity contribution in [3.8, 4) is 0 Å². The first kappa shape index (κ1) is 19.8. The van der Waals surface area contributed by atoms with E-state index in [-0.39, 0.29) is 0 Å². The Morgan fingerprint density at radius 3 is 2.60 bits per heavy atom. The van der Waals surface area contributed by atoms with Crippen LogP contribution in [0.5, 0.6) is 0 Å². The van der Waals surface area contributed by atoms with Crippen LogP contribution in [0.15, 0.2) is 11.6 Å². The topological polar surface area (TPSA) is 23.6 Å². The molecule has 30 heavy (non-hydrogen) atoms. The van der Waals surface area contributed by atoms with E-state index < -0.39 is 0 Å². The van der Waals surface area contributed by atoms with Crippen LogP contribution in [0.25, 0.3) is 0 Å². The minimum Gasteiger partial charge on any atom is -0.342 e. The molecule has 0 N–H and O–H groups in total. The molecular formula is C27H42N2O. The monoisotopic (exact) mass is 410 g/mol. The van der Waals surface area contributed by atoms with Crippen LogP contribution in [-0.4, -0.2) is 48.4 Å². The van der Waals surface area contributed by atoms with Crippen molar-refractivity contribution in [2.45, 2.75) is 90.1 Å².